The number of nitrogens with zero attached hydrogens (tertiary/aromatic N) is 4. The second kappa shape index (κ2) is 9.16. The summed E-state index contributed by atoms with van der Waals surface area (Å²) < 4.78 is 0. The summed E-state index contributed by atoms with van der Waals surface area (Å²) in [4.78, 5) is 25.7. The molecule has 2 aromatic heterocycles. The van der Waals surface area contributed by atoms with Gasteiger partial charge in [0.15, 0.2) is 0 Å². The summed E-state index contributed by atoms with van der Waals surface area (Å²) in [6.07, 6.45) is 5.70. The van der Waals surface area contributed by atoms with Crippen LogP contribution in [-0.4, -0.2) is 51.9 Å². The molecule has 1 amide bonds. The summed E-state index contributed by atoms with van der Waals surface area (Å²) in [6, 6.07) is 17.8. The lowest BCUT2D eigenvalue weighted by atomic mass is 10.0. The molecule has 0 aliphatic carbocycles. The number of benzene rings is 1. The molecule has 3 heterocycles. The predicted octanol–water partition coefficient (Wildman–Crippen LogP) is 3.61. The van der Waals surface area contributed by atoms with E-state index >= 15 is 0 Å². The molecule has 1 aliphatic heterocycles. The molecular weight excluding hydrogens is 384 g/mol. The van der Waals surface area contributed by atoms with Crippen molar-refractivity contribution < 1.29 is 4.79 Å². The number of piperazine rings is 1. The molecular formula is C23H23ClN4O. The third kappa shape index (κ3) is 4.81. The summed E-state index contributed by atoms with van der Waals surface area (Å²) in [5.74, 6) is 0.151. The van der Waals surface area contributed by atoms with Crippen molar-refractivity contribution in [2.45, 2.75) is 12.5 Å². The van der Waals surface area contributed by atoms with Gasteiger partial charge >= 0.3 is 0 Å². The molecule has 3 aromatic rings. The molecule has 0 saturated carbocycles. The van der Waals surface area contributed by atoms with Crippen LogP contribution >= 0.6 is 11.6 Å². The van der Waals surface area contributed by atoms with Crippen LogP contribution in [-0.2, 0) is 11.2 Å². The molecule has 0 N–H and O–H groups in total. The van der Waals surface area contributed by atoms with Crippen LogP contribution in [0, 0.1) is 0 Å². The Balaban J connectivity index is 1.47. The van der Waals surface area contributed by atoms with Gasteiger partial charge in [0.2, 0.25) is 5.91 Å². The van der Waals surface area contributed by atoms with E-state index in [0.717, 1.165) is 34.9 Å². The second-order valence-electron chi connectivity index (χ2n) is 7.16. The zero-order chi connectivity index (χ0) is 20.1. The first-order valence-corrected chi connectivity index (χ1v) is 10.2. The number of rotatable bonds is 5. The summed E-state index contributed by atoms with van der Waals surface area (Å²) in [5, 5.41) is 0.722. The normalized spacial score (nSPS) is 15.8. The molecule has 1 atom stereocenters. The highest BCUT2D eigenvalue weighted by Crippen LogP contribution is 2.29. The quantitative estimate of drug-likeness (QED) is 0.649. The van der Waals surface area contributed by atoms with Gasteiger partial charge in [-0.2, -0.15) is 0 Å². The molecule has 6 heteroatoms. The first-order chi connectivity index (χ1) is 14.2. The number of pyridine rings is 2. The van der Waals surface area contributed by atoms with E-state index < -0.39 is 0 Å². The average Bonchev–Trinajstić information content (AvgIpc) is 2.77. The van der Waals surface area contributed by atoms with Crippen molar-refractivity contribution in [3.63, 3.8) is 0 Å². The third-order valence-electron chi connectivity index (χ3n) is 5.26. The monoisotopic (exact) mass is 406 g/mol. The molecule has 1 aliphatic rings. The Morgan fingerprint density at radius 1 is 0.966 bits per heavy atom. The Labute approximate surface area is 176 Å². The smallest absolute Gasteiger partial charge is 0.227 e. The Bertz CT molecular complexity index is 926. The SMILES string of the molecule is O=C(Cc1cccnc1)N1CCN(C(c2ccc(Cl)cc2)c2ccccn2)CC1. The van der Waals surface area contributed by atoms with Crippen molar-refractivity contribution in [2.24, 2.45) is 0 Å². The minimum Gasteiger partial charge on any atom is -0.340 e. The van der Waals surface area contributed by atoms with Gasteiger partial charge in [0, 0.05) is 49.8 Å². The highest BCUT2D eigenvalue weighted by Gasteiger charge is 2.28. The van der Waals surface area contributed by atoms with Gasteiger partial charge in [-0.05, 0) is 41.5 Å². The fraction of sp³-hybridized carbons (Fsp3) is 0.261. The molecule has 0 spiro atoms. The maximum atomic E-state index is 12.7. The Hall–Kier alpha value is -2.76. The van der Waals surface area contributed by atoms with E-state index in [1.54, 1.807) is 12.4 Å². The first-order valence-electron chi connectivity index (χ1n) is 9.78. The fourth-order valence-electron chi connectivity index (χ4n) is 3.77. The molecule has 1 fully saturated rings. The minimum atomic E-state index is 0.0454. The summed E-state index contributed by atoms with van der Waals surface area (Å²) in [7, 11) is 0. The number of hydrogen-bond donors (Lipinski definition) is 0. The standard InChI is InChI=1S/C23H23ClN4O/c24-20-8-6-19(7-9-20)23(21-5-1-2-11-26-21)28-14-12-27(13-15-28)22(29)16-18-4-3-10-25-17-18/h1-11,17,23H,12-16H2. The van der Waals surface area contributed by atoms with Crippen LogP contribution in [0.2, 0.25) is 5.02 Å². The van der Waals surface area contributed by atoms with Crippen LogP contribution in [0.4, 0.5) is 0 Å². The molecule has 5 nitrogen and oxygen atoms in total. The maximum Gasteiger partial charge on any atom is 0.227 e. The van der Waals surface area contributed by atoms with Gasteiger partial charge in [0.05, 0.1) is 18.2 Å². The summed E-state index contributed by atoms with van der Waals surface area (Å²) in [6.45, 7) is 3.00. The van der Waals surface area contributed by atoms with Crippen molar-refractivity contribution in [3.05, 3.63) is 95.0 Å². The van der Waals surface area contributed by atoms with E-state index in [-0.39, 0.29) is 11.9 Å². The van der Waals surface area contributed by atoms with Gasteiger partial charge < -0.3 is 4.90 Å². The van der Waals surface area contributed by atoms with Crippen LogP contribution in [0.15, 0.2) is 73.2 Å². The zero-order valence-corrected chi connectivity index (χ0v) is 16.9. The summed E-state index contributed by atoms with van der Waals surface area (Å²) in [5.41, 5.74) is 3.11. The van der Waals surface area contributed by atoms with Crippen LogP contribution in [0.1, 0.15) is 22.9 Å². The van der Waals surface area contributed by atoms with E-state index in [1.807, 2.05) is 47.5 Å². The van der Waals surface area contributed by atoms with Gasteiger partial charge in [-0.1, -0.05) is 35.9 Å². The number of carbonyl (C=O) groups is 1. The lowest BCUT2D eigenvalue weighted by Gasteiger charge is -2.39. The molecule has 29 heavy (non-hydrogen) atoms. The number of carbonyl (C=O) groups excluding carboxylic acids is 1. The third-order valence-corrected chi connectivity index (χ3v) is 5.52. The maximum absolute atomic E-state index is 12.7. The van der Waals surface area contributed by atoms with E-state index in [4.69, 9.17) is 11.6 Å². The van der Waals surface area contributed by atoms with E-state index in [0.29, 0.717) is 19.5 Å². The molecule has 1 saturated heterocycles. The van der Waals surface area contributed by atoms with Crippen molar-refractivity contribution in [1.82, 2.24) is 19.8 Å². The molecule has 0 bridgehead atoms. The Morgan fingerprint density at radius 3 is 2.41 bits per heavy atom. The van der Waals surface area contributed by atoms with Gasteiger partial charge in [-0.15, -0.1) is 0 Å². The lowest BCUT2D eigenvalue weighted by molar-refractivity contribution is -0.132. The number of amides is 1. The van der Waals surface area contributed by atoms with Crippen LogP contribution in [0.5, 0.6) is 0 Å². The van der Waals surface area contributed by atoms with Gasteiger partial charge in [0.25, 0.3) is 0 Å². The number of hydrogen-bond acceptors (Lipinski definition) is 4. The van der Waals surface area contributed by atoms with Crippen molar-refractivity contribution in [1.29, 1.82) is 0 Å². The van der Waals surface area contributed by atoms with Crippen LogP contribution in [0.3, 0.4) is 0 Å². The van der Waals surface area contributed by atoms with Gasteiger partial charge in [-0.25, -0.2) is 0 Å². The van der Waals surface area contributed by atoms with Gasteiger partial charge in [0.1, 0.15) is 0 Å². The molecule has 4 rings (SSSR count). The second-order valence-corrected chi connectivity index (χ2v) is 7.60. The van der Waals surface area contributed by atoms with E-state index in [2.05, 4.69) is 33.1 Å². The number of aromatic nitrogens is 2. The molecule has 0 radical (unpaired) electrons. The zero-order valence-electron chi connectivity index (χ0n) is 16.1. The van der Waals surface area contributed by atoms with Crippen molar-refractivity contribution in [3.8, 4) is 0 Å². The average molecular weight is 407 g/mol. The molecule has 148 valence electrons. The van der Waals surface area contributed by atoms with Crippen LogP contribution in [0.25, 0.3) is 0 Å². The Morgan fingerprint density at radius 2 is 1.76 bits per heavy atom. The number of halogens is 1. The highest BCUT2D eigenvalue weighted by molar-refractivity contribution is 6.30. The first kappa shape index (κ1) is 19.6. The van der Waals surface area contributed by atoms with E-state index in [9.17, 15) is 4.79 Å². The summed E-state index contributed by atoms with van der Waals surface area (Å²) >= 11 is 6.09. The Kier molecular flexibility index (Phi) is 6.17. The molecule has 1 aromatic carbocycles. The van der Waals surface area contributed by atoms with E-state index in [1.165, 1.54) is 0 Å². The topological polar surface area (TPSA) is 49.3 Å². The van der Waals surface area contributed by atoms with Crippen molar-refractivity contribution in [2.75, 3.05) is 26.2 Å². The van der Waals surface area contributed by atoms with Crippen LogP contribution < -0.4 is 0 Å². The largest absolute Gasteiger partial charge is 0.340 e. The lowest BCUT2D eigenvalue weighted by Crippen LogP contribution is -2.50. The molecule has 1 unspecified atom stereocenters. The van der Waals surface area contributed by atoms with Crippen molar-refractivity contribution >= 4 is 17.5 Å². The predicted molar refractivity (Wildman–Crippen MR) is 114 cm³/mol. The fourth-order valence-corrected chi connectivity index (χ4v) is 3.90. The van der Waals surface area contributed by atoms with Gasteiger partial charge in [-0.3, -0.25) is 19.7 Å². The minimum absolute atomic E-state index is 0.0454. The highest BCUT2D eigenvalue weighted by atomic mass is 35.5.